The maximum atomic E-state index is 12.7. The first kappa shape index (κ1) is 21.1. The number of likely N-dealkylation sites (tertiary alicyclic amines) is 2. The lowest BCUT2D eigenvalue weighted by molar-refractivity contribution is -0.131. The Morgan fingerprint density at radius 1 is 1.00 bits per heavy atom. The third-order valence-corrected chi connectivity index (χ3v) is 6.88. The van der Waals surface area contributed by atoms with Crippen LogP contribution in [0.5, 0.6) is 0 Å². The van der Waals surface area contributed by atoms with E-state index in [0.29, 0.717) is 12.3 Å². The Kier molecular flexibility index (Phi) is 6.88. The summed E-state index contributed by atoms with van der Waals surface area (Å²) < 4.78 is 5.19. The standard InChI is InChI=1S/C25H35N3O2/c1-19-24(20(2)30-26-19)17-25(29)28-14-10-22(11-15-28)16-21-6-8-23(9-7-21)18-27-12-4-3-5-13-27/h6-9,22H,3-5,10-18H2,1-2H3. The lowest BCUT2D eigenvalue weighted by Gasteiger charge is -2.32. The molecule has 0 radical (unpaired) electrons. The number of carbonyl (C=O) groups excluding carboxylic acids is 1. The second-order valence-electron chi connectivity index (χ2n) is 9.16. The second kappa shape index (κ2) is 9.78. The highest BCUT2D eigenvalue weighted by Crippen LogP contribution is 2.24. The Morgan fingerprint density at radius 3 is 2.30 bits per heavy atom. The number of piperidine rings is 2. The van der Waals surface area contributed by atoms with Gasteiger partial charge in [0.1, 0.15) is 5.76 Å². The molecule has 0 N–H and O–H groups in total. The Morgan fingerprint density at radius 2 is 1.67 bits per heavy atom. The van der Waals surface area contributed by atoms with Crippen molar-refractivity contribution in [3.63, 3.8) is 0 Å². The van der Waals surface area contributed by atoms with Gasteiger partial charge in [-0.2, -0.15) is 0 Å². The van der Waals surface area contributed by atoms with E-state index >= 15 is 0 Å². The lowest BCUT2D eigenvalue weighted by atomic mass is 9.89. The third kappa shape index (κ3) is 5.31. The topological polar surface area (TPSA) is 49.6 Å². The summed E-state index contributed by atoms with van der Waals surface area (Å²) >= 11 is 0. The molecule has 30 heavy (non-hydrogen) atoms. The number of aromatic nitrogens is 1. The van der Waals surface area contributed by atoms with E-state index in [9.17, 15) is 4.79 Å². The van der Waals surface area contributed by atoms with Crippen LogP contribution >= 0.6 is 0 Å². The van der Waals surface area contributed by atoms with Crippen molar-refractivity contribution in [2.45, 2.75) is 65.3 Å². The fourth-order valence-electron chi connectivity index (χ4n) is 4.89. The van der Waals surface area contributed by atoms with E-state index in [1.54, 1.807) is 0 Å². The van der Waals surface area contributed by atoms with Crippen molar-refractivity contribution in [1.29, 1.82) is 0 Å². The first-order valence-corrected chi connectivity index (χ1v) is 11.6. The van der Waals surface area contributed by atoms with E-state index < -0.39 is 0 Å². The molecule has 5 nitrogen and oxygen atoms in total. The molecule has 1 amide bonds. The Bertz CT molecular complexity index is 809. The molecule has 0 unspecified atom stereocenters. The molecule has 0 bridgehead atoms. The minimum absolute atomic E-state index is 0.199. The van der Waals surface area contributed by atoms with Crippen molar-refractivity contribution >= 4 is 5.91 Å². The van der Waals surface area contributed by atoms with Crippen molar-refractivity contribution in [3.05, 3.63) is 52.4 Å². The summed E-state index contributed by atoms with van der Waals surface area (Å²) in [6.45, 7) is 9.09. The van der Waals surface area contributed by atoms with Crippen molar-refractivity contribution < 1.29 is 9.32 Å². The molecule has 0 aliphatic carbocycles. The summed E-state index contributed by atoms with van der Waals surface area (Å²) in [5.74, 6) is 1.63. The van der Waals surface area contributed by atoms with Crippen molar-refractivity contribution in [2.75, 3.05) is 26.2 Å². The zero-order chi connectivity index (χ0) is 20.9. The molecule has 162 valence electrons. The molecule has 0 atom stereocenters. The van der Waals surface area contributed by atoms with E-state index in [1.807, 2.05) is 18.7 Å². The van der Waals surface area contributed by atoms with Gasteiger partial charge in [-0.3, -0.25) is 9.69 Å². The number of amides is 1. The Hall–Kier alpha value is -2.14. The predicted octanol–water partition coefficient (Wildman–Crippen LogP) is 4.30. The maximum Gasteiger partial charge on any atom is 0.227 e. The van der Waals surface area contributed by atoms with E-state index in [1.165, 1.54) is 43.5 Å². The van der Waals surface area contributed by atoms with Crippen LogP contribution in [0, 0.1) is 19.8 Å². The SMILES string of the molecule is Cc1noc(C)c1CC(=O)N1CCC(Cc2ccc(CN3CCCCC3)cc2)CC1. The summed E-state index contributed by atoms with van der Waals surface area (Å²) in [5, 5.41) is 3.96. The van der Waals surface area contributed by atoms with E-state index in [-0.39, 0.29) is 5.91 Å². The molecule has 2 aliphatic heterocycles. The quantitative estimate of drug-likeness (QED) is 0.714. The maximum absolute atomic E-state index is 12.7. The first-order valence-electron chi connectivity index (χ1n) is 11.6. The fourth-order valence-corrected chi connectivity index (χ4v) is 4.89. The van der Waals surface area contributed by atoms with Crippen LogP contribution in [0.25, 0.3) is 0 Å². The minimum Gasteiger partial charge on any atom is -0.361 e. The number of hydrogen-bond acceptors (Lipinski definition) is 4. The number of rotatable bonds is 6. The molecule has 3 heterocycles. The summed E-state index contributed by atoms with van der Waals surface area (Å²) in [5.41, 5.74) is 4.64. The largest absolute Gasteiger partial charge is 0.361 e. The number of nitrogens with zero attached hydrogens (tertiary/aromatic N) is 3. The van der Waals surface area contributed by atoms with Gasteiger partial charge in [-0.15, -0.1) is 0 Å². The number of carbonyl (C=O) groups is 1. The molecule has 0 saturated carbocycles. The van der Waals surface area contributed by atoms with Gasteiger partial charge in [0.2, 0.25) is 5.91 Å². The van der Waals surface area contributed by atoms with Crippen molar-refractivity contribution in [3.8, 4) is 0 Å². The van der Waals surface area contributed by atoms with Crippen LogP contribution in [-0.2, 0) is 24.2 Å². The molecule has 2 saturated heterocycles. The van der Waals surface area contributed by atoms with E-state index in [2.05, 4.69) is 34.3 Å². The van der Waals surface area contributed by atoms with Crippen molar-refractivity contribution in [1.82, 2.24) is 15.0 Å². The van der Waals surface area contributed by atoms with Gasteiger partial charge in [-0.1, -0.05) is 35.8 Å². The van der Waals surface area contributed by atoms with Gasteiger partial charge >= 0.3 is 0 Å². The van der Waals surface area contributed by atoms with E-state index in [4.69, 9.17) is 4.52 Å². The highest BCUT2D eigenvalue weighted by Gasteiger charge is 2.24. The monoisotopic (exact) mass is 409 g/mol. The highest BCUT2D eigenvalue weighted by molar-refractivity contribution is 5.79. The molecular weight excluding hydrogens is 374 g/mol. The lowest BCUT2D eigenvalue weighted by Crippen LogP contribution is -2.39. The average Bonchev–Trinajstić information content (AvgIpc) is 3.08. The van der Waals surface area contributed by atoms with Gasteiger partial charge in [0.25, 0.3) is 0 Å². The summed E-state index contributed by atoms with van der Waals surface area (Å²) in [6, 6.07) is 9.25. The summed E-state index contributed by atoms with van der Waals surface area (Å²) in [4.78, 5) is 17.3. The fraction of sp³-hybridized carbons (Fsp3) is 0.600. The molecule has 4 rings (SSSR count). The molecule has 1 aromatic heterocycles. The summed E-state index contributed by atoms with van der Waals surface area (Å²) in [6.07, 6.45) is 7.78. The van der Waals surface area contributed by atoms with Crippen LogP contribution < -0.4 is 0 Å². The second-order valence-corrected chi connectivity index (χ2v) is 9.16. The Balaban J connectivity index is 1.23. The molecule has 0 spiro atoms. The molecule has 2 aliphatic rings. The van der Waals surface area contributed by atoms with Gasteiger partial charge in [0, 0.05) is 25.2 Å². The normalized spacial score (nSPS) is 18.7. The minimum atomic E-state index is 0.199. The number of aryl methyl sites for hydroxylation is 2. The predicted molar refractivity (Wildman–Crippen MR) is 118 cm³/mol. The number of benzene rings is 1. The molecule has 1 aromatic carbocycles. The van der Waals surface area contributed by atoms with Crippen LogP contribution in [0.15, 0.2) is 28.8 Å². The molecule has 2 fully saturated rings. The molecule has 5 heteroatoms. The van der Waals surface area contributed by atoms with Crippen LogP contribution in [0.4, 0.5) is 0 Å². The smallest absolute Gasteiger partial charge is 0.227 e. The van der Waals surface area contributed by atoms with Gasteiger partial charge in [-0.05, 0) is 76.1 Å². The third-order valence-electron chi connectivity index (χ3n) is 6.88. The number of hydrogen-bond donors (Lipinski definition) is 0. The van der Waals surface area contributed by atoms with Crippen LogP contribution in [-0.4, -0.2) is 47.0 Å². The summed E-state index contributed by atoms with van der Waals surface area (Å²) in [7, 11) is 0. The molecular formula is C25H35N3O2. The van der Waals surface area contributed by atoms with Gasteiger partial charge in [-0.25, -0.2) is 0 Å². The highest BCUT2D eigenvalue weighted by atomic mass is 16.5. The van der Waals surface area contributed by atoms with Crippen LogP contribution in [0.3, 0.4) is 0 Å². The first-order chi connectivity index (χ1) is 14.6. The zero-order valence-electron chi connectivity index (χ0n) is 18.5. The van der Waals surface area contributed by atoms with Crippen LogP contribution in [0.1, 0.15) is 60.2 Å². The van der Waals surface area contributed by atoms with Crippen molar-refractivity contribution in [2.24, 2.45) is 5.92 Å². The average molecular weight is 410 g/mol. The van der Waals surface area contributed by atoms with Gasteiger partial charge < -0.3 is 9.42 Å². The zero-order valence-corrected chi connectivity index (χ0v) is 18.5. The Labute approximate surface area is 180 Å². The van der Waals surface area contributed by atoms with Gasteiger partial charge in [0.15, 0.2) is 0 Å². The van der Waals surface area contributed by atoms with Gasteiger partial charge in [0.05, 0.1) is 12.1 Å². The molecule has 2 aromatic rings. The van der Waals surface area contributed by atoms with E-state index in [0.717, 1.165) is 55.9 Å². The van der Waals surface area contributed by atoms with Crippen LogP contribution in [0.2, 0.25) is 0 Å².